The molecule has 0 saturated heterocycles. The summed E-state index contributed by atoms with van der Waals surface area (Å²) < 4.78 is 2.84. The van der Waals surface area contributed by atoms with Gasteiger partial charge in [0.2, 0.25) is 5.91 Å². The van der Waals surface area contributed by atoms with E-state index in [4.69, 9.17) is 5.73 Å². The van der Waals surface area contributed by atoms with Crippen LogP contribution in [-0.4, -0.2) is 26.2 Å². The molecule has 1 aromatic carbocycles. The summed E-state index contributed by atoms with van der Waals surface area (Å²) in [4.78, 5) is 38.3. The number of fused-ring (bicyclic) bond motifs is 1. The highest BCUT2D eigenvalue weighted by Gasteiger charge is 2.23. The fraction of sp³-hybridized carbons (Fsp3) is 0.333. The molecular formula is C21H23N5O3S. The molecule has 30 heavy (non-hydrogen) atoms. The van der Waals surface area contributed by atoms with Crippen molar-refractivity contribution < 1.29 is 9.59 Å². The first-order chi connectivity index (χ1) is 14.5. The number of nitrogens with two attached hydrogens (primary N) is 1. The van der Waals surface area contributed by atoms with Gasteiger partial charge in [-0.1, -0.05) is 36.8 Å². The zero-order valence-corrected chi connectivity index (χ0v) is 17.5. The highest BCUT2D eigenvalue weighted by Crippen LogP contribution is 2.39. The molecule has 4 rings (SSSR count). The van der Waals surface area contributed by atoms with E-state index in [0.29, 0.717) is 17.1 Å². The Morgan fingerprint density at radius 1 is 1.20 bits per heavy atom. The van der Waals surface area contributed by atoms with Crippen LogP contribution in [0.5, 0.6) is 0 Å². The second-order valence-corrected chi connectivity index (χ2v) is 8.56. The molecule has 0 fully saturated rings. The smallest absolute Gasteiger partial charge is 0.346 e. The number of anilines is 1. The number of rotatable bonds is 5. The first-order valence-corrected chi connectivity index (χ1v) is 10.7. The third-order valence-electron chi connectivity index (χ3n) is 5.22. The lowest BCUT2D eigenvalue weighted by Crippen LogP contribution is -2.30. The molecule has 0 bridgehead atoms. The number of nitrogens with one attached hydrogen (secondary N) is 1. The van der Waals surface area contributed by atoms with E-state index in [9.17, 15) is 14.4 Å². The number of amides is 2. The summed E-state index contributed by atoms with van der Waals surface area (Å²) in [5.74, 6) is -0.311. The first kappa shape index (κ1) is 20.1. The normalized spacial score (nSPS) is 13.5. The Bertz CT molecular complexity index is 1160. The molecule has 156 valence electrons. The van der Waals surface area contributed by atoms with Crippen molar-refractivity contribution in [1.29, 1.82) is 0 Å². The number of aryl methyl sites for hydroxylation is 2. The number of aromatic nitrogens is 3. The van der Waals surface area contributed by atoms with Gasteiger partial charge in [0.1, 0.15) is 17.4 Å². The number of nitrogens with zero attached hydrogens (tertiary/aromatic N) is 3. The molecule has 0 radical (unpaired) electrons. The average Bonchev–Trinajstić information content (AvgIpc) is 3.07. The van der Waals surface area contributed by atoms with Crippen LogP contribution in [0.1, 0.15) is 40.3 Å². The van der Waals surface area contributed by atoms with Gasteiger partial charge in [0, 0.05) is 23.4 Å². The van der Waals surface area contributed by atoms with Crippen LogP contribution in [0.4, 0.5) is 5.00 Å². The molecule has 1 aliphatic heterocycles. The second-order valence-electron chi connectivity index (χ2n) is 7.33. The quantitative estimate of drug-likeness (QED) is 0.654. The summed E-state index contributed by atoms with van der Waals surface area (Å²) in [7, 11) is 0. The molecule has 9 heteroatoms. The van der Waals surface area contributed by atoms with Crippen LogP contribution in [0, 0.1) is 6.92 Å². The SMILES string of the molecule is Cc1sc(NC(=O)Cn2nc3n(c2=O)CCCCC3)c(C(N)=O)c1-c1ccccc1. The van der Waals surface area contributed by atoms with Crippen molar-refractivity contribution in [3.8, 4) is 11.1 Å². The van der Waals surface area contributed by atoms with Crippen LogP contribution in [0.3, 0.4) is 0 Å². The molecule has 0 unspecified atom stereocenters. The molecule has 2 aromatic heterocycles. The van der Waals surface area contributed by atoms with E-state index in [1.165, 1.54) is 16.0 Å². The number of benzene rings is 1. The highest BCUT2D eigenvalue weighted by molar-refractivity contribution is 7.17. The Labute approximate surface area is 177 Å². The van der Waals surface area contributed by atoms with Crippen LogP contribution >= 0.6 is 11.3 Å². The van der Waals surface area contributed by atoms with Gasteiger partial charge in [-0.05, 0) is 25.3 Å². The van der Waals surface area contributed by atoms with Gasteiger partial charge in [-0.25, -0.2) is 9.48 Å². The van der Waals surface area contributed by atoms with Crippen LogP contribution < -0.4 is 16.7 Å². The van der Waals surface area contributed by atoms with E-state index in [0.717, 1.165) is 41.9 Å². The maximum Gasteiger partial charge on any atom is 0.346 e. The second kappa shape index (κ2) is 8.27. The molecule has 3 aromatic rings. The van der Waals surface area contributed by atoms with Crippen molar-refractivity contribution in [3.63, 3.8) is 0 Å². The lowest BCUT2D eigenvalue weighted by atomic mass is 10.0. The number of carbonyl (C=O) groups is 2. The molecule has 3 N–H and O–H groups in total. The minimum absolute atomic E-state index is 0.214. The standard InChI is InChI=1S/C21H23N5O3S/c1-13-17(14-8-4-2-5-9-14)18(19(22)28)20(30-13)23-16(27)12-26-21(29)25-11-7-3-6-10-15(25)24-26/h2,4-5,8-9H,3,6-7,10-12H2,1H3,(H2,22,28)(H,23,27). The maximum atomic E-state index is 12.7. The fourth-order valence-corrected chi connectivity index (χ4v) is 4.95. The van der Waals surface area contributed by atoms with Crippen molar-refractivity contribution in [3.05, 3.63) is 57.1 Å². The number of thiophene rings is 1. The van der Waals surface area contributed by atoms with E-state index in [-0.39, 0.29) is 17.8 Å². The largest absolute Gasteiger partial charge is 0.365 e. The topological polar surface area (TPSA) is 112 Å². The number of hydrogen-bond acceptors (Lipinski definition) is 5. The summed E-state index contributed by atoms with van der Waals surface area (Å²) >= 11 is 1.29. The summed E-state index contributed by atoms with van der Waals surface area (Å²) in [6, 6.07) is 9.44. The number of hydrogen-bond donors (Lipinski definition) is 2. The van der Waals surface area contributed by atoms with E-state index in [1.54, 1.807) is 4.57 Å². The van der Waals surface area contributed by atoms with Crippen molar-refractivity contribution in [1.82, 2.24) is 14.3 Å². The molecule has 0 aliphatic carbocycles. The minimum Gasteiger partial charge on any atom is -0.365 e. The molecular weight excluding hydrogens is 402 g/mol. The van der Waals surface area contributed by atoms with Gasteiger partial charge in [0.15, 0.2) is 0 Å². The van der Waals surface area contributed by atoms with Gasteiger partial charge < -0.3 is 11.1 Å². The van der Waals surface area contributed by atoms with Crippen molar-refractivity contribution >= 4 is 28.2 Å². The Hall–Kier alpha value is -3.20. The van der Waals surface area contributed by atoms with Crippen molar-refractivity contribution in [2.24, 2.45) is 5.73 Å². The van der Waals surface area contributed by atoms with Crippen LogP contribution in [0.25, 0.3) is 11.1 Å². The molecule has 0 spiro atoms. The summed E-state index contributed by atoms with van der Waals surface area (Å²) in [6.07, 6.45) is 3.73. The minimum atomic E-state index is -0.612. The van der Waals surface area contributed by atoms with Gasteiger partial charge in [-0.15, -0.1) is 11.3 Å². The maximum absolute atomic E-state index is 12.7. The van der Waals surface area contributed by atoms with E-state index in [2.05, 4.69) is 10.4 Å². The fourth-order valence-electron chi connectivity index (χ4n) is 3.85. The van der Waals surface area contributed by atoms with Gasteiger partial charge >= 0.3 is 5.69 Å². The van der Waals surface area contributed by atoms with Crippen LogP contribution in [-0.2, 0) is 24.3 Å². The van der Waals surface area contributed by atoms with Crippen molar-refractivity contribution in [2.45, 2.75) is 45.7 Å². The monoisotopic (exact) mass is 425 g/mol. The third kappa shape index (κ3) is 3.80. The van der Waals surface area contributed by atoms with Gasteiger partial charge in [-0.3, -0.25) is 14.2 Å². The first-order valence-electron chi connectivity index (χ1n) is 9.90. The van der Waals surface area contributed by atoms with Gasteiger partial charge in [0.05, 0.1) is 5.56 Å². The average molecular weight is 426 g/mol. The van der Waals surface area contributed by atoms with E-state index in [1.807, 2.05) is 37.3 Å². The number of carbonyl (C=O) groups excluding carboxylic acids is 2. The Kier molecular flexibility index (Phi) is 5.54. The Balaban J connectivity index is 1.60. The predicted octanol–water partition coefficient (Wildman–Crippen LogP) is 2.55. The third-order valence-corrected chi connectivity index (χ3v) is 6.24. The molecule has 8 nitrogen and oxygen atoms in total. The highest BCUT2D eigenvalue weighted by atomic mass is 32.1. The molecule has 2 amide bonds. The number of primary amides is 1. The molecule has 0 atom stereocenters. The van der Waals surface area contributed by atoms with Crippen molar-refractivity contribution in [2.75, 3.05) is 5.32 Å². The lowest BCUT2D eigenvalue weighted by Gasteiger charge is -2.07. The van der Waals surface area contributed by atoms with E-state index >= 15 is 0 Å². The predicted molar refractivity (Wildman–Crippen MR) is 116 cm³/mol. The van der Waals surface area contributed by atoms with Crippen LogP contribution in [0.2, 0.25) is 0 Å². The molecule has 1 aliphatic rings. The summed E-state index contributed by atoms with van der Waals surface area (Å²) in [6.45, 7) is 2.30. The molecule has 0 saturated carbocycles. The van der Waals surface area contributed by atoms with Gasteiger partial charge in [0.25, 0.3) is 5.91 Å². The molecule has 3 heterocycles. The lowest BCUT2D eigenvalue weighted by molar-refractivity contribution is -0.116. The summed E-state index contributed by atoms with van der Waals surface area (Å²) in [5.41, 5.74) is 7.23. The van der Waals surface area contributed by atoms with E-state index < -0.39 is 11.8 Å². The zero-order chi connectivity index (χ0) is 21.3. The Morgan fingerprint density at radius 2 is 1.97 bits per heavy atom. The Morgan fingerprint density at radius 3 is 2.70 bits per heavy atom. The van der Waals surface area contributed by atoms with Crippen LogP contribution in [0.15, 0.2) is 35.1 Å². The zero-order valence-electron chi connectivity index (χ0n) is 16.7. The summed E-state index contributed by atoms with van der Waals surface area (Å²) in [5, 5.41) is 7.49. The van der Waals surface area contributed by atoms with Gasteiger partial charge in [-0.2, -0.15) is 5.10 Å².